The number of carbonyl (C=O) groups is 1. The van der Waals surface area contributed by atoms with E-state index in [-0.39, 0.29) is 11.9 Å². The molecule has 1 saturated heterocycles. The van der Waals surface area contributed by atoms with Gasteiger partial charge in [-0.15, -0.1) is 0 Å². The van der Waals surface area contributed by atoms with Crippen LogP contribution in [0.15, 0.2) is 22.7 Å². The normalized spacial score (nSPS) is 18.5. The van der Waals surface area contributed by atoms with Crippen molar-refractivity contribution in [3.63, 3.8) is 0 Å². The van der Waals surface area contributed by atoms with Gasteiger partial charge in [-0.05, 0) is 54.0 Å². The minimum Gasteiger partial charge on any atom is -0.324 e. The summed E-state index contributed by atoms with van der Waals surface area (Å²) < 4.78 is 0.929. The van der Waals surface area contributed by atoms with Crippen LogP contribution in [0.3, 0.4) is 0 Å². The molecule has 0 radical (unpaired) electrons. The summed E-state index contributed by atoms with van der Waals surface area (Å²) >= 11 is 3.50. The molecule has 0 bridgehead atoms. The number of nitrogens with one attached hydrogen (secondary N) is 1. The van der Waals surface area contributed by atoms with Crippen LogP contribution in [0.1, 0.15) is 19.4 Å². The summed E-state index contributed by atoms with van der Waals surface area (Å²) in [6.07, 6.45) is 0. The minimum atomic E-state index is -0.0998. The number of rotatable bonds is 4. The molecule has 1 aliphatic rings. The SMILES string of the molecule is CCN1CCN(C(C)C(=O)Nc2ccc(C)cc2Br)CC1. The Kier molecular flexibility index (Phi) is 5.79. The average Bonchev–Trinajstić information content (AvgIpc) is 2.49. The number of aryl methyl sites for hydroxylation is 1. The topological polar surface area (TPSA) is 35.6 Å². The third-order valence-electron chi connectivity index (χ3n) is 4.16. The van der Waals surface area contributed by atoms with Crippen molar-refractivity contribution in [2.75, 3.05) is 38.0 Å². The molecule has 1 fully saturated rings. The highest BCUT2D eigenvalue weighted by Gasteiger charge is 2.25. The number of hydrogen-bond donors (Lipinski definition) is 1. The third-order valence-corrected chi connectivity index (χ3v) is 4.82. The van der Waals surface area contributed by atoms with Crippen molar-refractivity contribution >= 4 is 27.5 Å². The molecule has 5 heteroatoms. The van der Waals surface area contributed by atoms with Crippen LogP contribution in [-0.2, 0) is 4.79 Å². The molecule has 0 saturated carbocycles. The number of hydrogen-bond acceptors (Lipinski definition) is 3. The van der Waals surface area contributed by atoms with E-state index in [0.29, 0.717) is 0 Å². The van der Waals surface area contributed by atoms with Crippen LogP contribution in [0.4, 0.5) is 5.69 Å². The van der Waals surface area contributed by atoms with Gasteiger partial charge in [-0.3, -0.25) is 9.69 Å². The van der Waals surface area contributed by atoms with E-state index >= 15 is 0 Å². The predicted molar refractivity (Wildman–Crippen MR) is 90.7 cm³/mol. The van der Waals surface area contributed by atoms with Crippen LogP contribution < -0.4 is 5.32 Å². The molecule has 1 amide bonds. The Morgan fingerprint density at radius 1 is 1.33 bits per heavy atom. The lowest BCUT2D eigenvalue weighted by molar-refractivity contribution is -0.121. The first kappa shape index (κ1) is 16.5. The van der Waals surface area contributed by atoms with E-state index in [1.807, 2.05) is 32.0 Å². The lowest BCUT2D eigenvalue weighted by Crippen LogP contribution is -2.52. The number of carbonyl (C=O) groups excluding carboxylic acids is 1. The van der Waals surface area contributed by atoms with Gasteiger partial charge in [-0.2, -0.15) is 0 Å². The van der Waals surface area contributed by atoms with Crippen LogP contribution in [0.2, 0.25) is 0 Å². The molecule has 0 spiro atoms. The van der Waals surface area contributed by atoms with Crippen molar-refractivity contribution in [3.05, 3.63) is 28.2 Å². The number of piperazine rings is 1. The molecule has 2 rings (SSSR count). The molecule has 116 valence electrons. The van der Waals surface area contributed by atoms with Crippen molar-refractivity contribution in [3.8, 4) is 0 Å². The summed E-state index contributed by atoms with van der Waals surface area (Å²) in [6.45, 7) is 11.3. The van der Waals surface area contributed by atoms with Gasteiger partial charge in [-0.1, -0.05) is 13.0 Å². The number of likely N-dealkylation sites (N-methyl/N-ethyl adjacent to an activating group) is 1. The first-order chi connectivity index (χ1) is 10.0. The van der Waals surface area contributed by atoms with Crippen molar-refractivity contribution in [2.24, 2.45) is 0 Å². The second-order valence-electron chi connectivity index (χ2n) is 5.62. The van der Waals surface area contributed by atoms with Gasteiger partial charge in [0.2, 0.25) is 5.91 Å². The fourth-order valence-corrected chi connectivity index (χ4v) is 3.18. The Hall–Kier alpha value is -0.910. The second kappa shape index (κ2) is 7.38. The summed E-state index contributed by atoms with van der Waals surface area (Å²) in [7, 11) is 0. The van der Waals surface area contributed by atoms with E-state index in [4.69, 9.17) is 0 Å². The van der Waals surface area contributed by atoms with Gasteiger partial charge in [-0.25, -0.2) is 0 Å². The zero-order valence-corrected chi connectivity index (χ0v) is 14.6. The predicted octanol–water partition coefficient (Wildman–Crippen LogP) is 2.72. The smallest absolute Gasteiger partial charge is 0.241 e. The Morgan fingerprint density at radius 3 is 2.57 bits per heavy atom. The Morgan fingerprint density at radius 2 is 2.00 bits per heavy atom. The maximum absolute atomic E-state index is 12.4. The summed E-state index contributed by atoms with van der Waals surface area (Å²) in [4.78, 5) is 17.1. The highest BCUT2D eigenvalue weighted by molar-refractivity contribution is 9.10. The van der Waals surface area contributed by atoms with Gasteiger partial charge in [0.05, 0.1) is 11.7 Å². The van der Waals surface area contributed by atoms with Gasteiger partial charge >= 0.3 is 0 Å². The number of anilines is 1. The largest absolute Gasteiger partial charge is 0.324 e. The molecule has 1 aromatic carbocycles. The molecule has 1 heterocycles. The second-order valence-corrected chi connectivity index (χ2v) is 6.47. The molecule has 1 aromatic rings. The molecule has 4 nitrogen and oxygen atoms in total. The quantitative estimate of drug-likeness (QED) is 0.903. The van der Waals surface area contributed by atoms with Crippen LogP contribution in [0.25, 0.3) is 0 Å². The lowest BCUT2D eigenvalue weighted by Gasteiger charge is -2.36. The van der Waals surface area contributed by atoms with E-state index in [9.17, 15) is 4.79 Å². The van der Waals surface area contributed by atoms with Gasteiger partial charge in [0.25, 0.3) is 0 Å². The standard InChI is InChI=1S/C16H24BrN3O/c1-4-19-7-9-20(10-8-19)13(3)16(21)18-15-6-5-12(2)11-14(15)17/h5-6,11,13H,4,7-10H2,1-3H3,(H,18,21). The zero-order valence-electron chi connectivity index (χ0n) is 13.0. The number of nitrogens with zero attached hydrogens (tertiary/aromatic N) is 2. The number of halogens is 1. The summed E-state index contributed by atoms with van der Waals surface area (Å²) in [5.74, 6) is 0.0597. The molecule has 0 aliphatic carbocycles. The Labute approximate surface area is 135 Å². The van der Waals surface area contributed by atoms with Crippen molar-refractivity contribution in [1.29, 1.82) is 0 Å². The van der Waals surface area contributed by atoms with Crippen LogP contribution >= 0.6 is 15.9 Å². The van der Waals surface area contributed by atoms with E-state index < -0.39 is 0 Å². The van der Waals surface area contributed by atoms with Crippen molar-refractivity contribution in [1.82, 2.24) is 9.80 Å². The van der Waals surface area contributed by atoms with Gasteiger partial charge < -0.3 is 10.2 Å². The van der Waals surface area contributed by atoms with E-state index in [1.54, 1.807) is 0 Å². The first-order valence-corrected chi connectivity index (χ1v) is 8.34. The summed E-state index contributed by atoms with van der Waals surface area (Å²) in [6, 6.07) is 5.86. The molecule has 1 aliphatic heterocycles. The zero-order chi connectivity index (χ0) is 15.4. The molecule has 1 atom stereocenters. The first-order valence-electron chi connectivity index (χ1n) is 7.54. The molecule has 1 N–H and O–H groups in total. The third kappa shape index (κ3) is 4.28. The van der Waals surface area contributed by atoms with Crippen LogP contribution in [-0.4, -0.2) is 54.5 Å². The highest BCUT2D eigenvalue weighted by atomic mass is 79.9. The maximum atomic E-state index is 12.4. The molecule has 0 aromatic heterocycles. The minimum absolute atomic E-state index is 0.0597. The summed E-state index contributed by atoms with van der Waals surface area (Å²) in [5.41, 5.74) is 2.01. The molecular weight excluding hydrogens is 330 g/mol. The van der Waals surface area contributed by atoms with Gasteiger partial charge in [0.1, 0.15) is 0 Å². The maximum Gasteiger partial charge on any atom is 0.241 e. The monoisotopic (exact) mass is 353 g/mol. The molecule has 21 heavy (non-hydrogen) atoms. The Bertz CT molecular complexity index is 498. The average molecular weight is 354 g/mol. The fourth-order valence-electron chi connectivity index (χ4n) is 2.59. The van der Waals surface area contributed by atoms with Crippen molar-refractivity contribution < 1.29 is 4.79 Å². The molecular formula is C16H24BrN3O. The lowest BCUT2D eigenvalue weighted by atomic mass is 10.2. The fraction of sp³-hybridized carbons (Fsp3) is 0.562. The van der Waals surface area contributed by atoms with E-state index in [1.165, 1.54) is 5.56 Å². The van der Waals surface area contributed by atoms with Gasteiger partial charge in [0.15, 0.2) is 0 Å². The molecule has 1 unspecified atom stereocenters. The highest BCUT2D eigenvalue weighted by Crippen LogP contribution is 2.23. The van der Waals surface area contributed by atoms with E-state index in [0.717, 1.165) is 42.9 Å². The number of amides is 1. The number of benzene rings is 1. The van der Waals surface area contributed by atoms with Crippen LogP contribution in [0, 0.1) is 6.92 Å². The Balaban J connectivity index is 1.93. The van der Waals surface area contributed by atoms with Crippen LogP contribution in [0.5, 0.6) is 0 Å². The summed E-state index contributed by atoms with van der Waals surface area (Å²) in [5, 5.41) is 3.02. The van der Waals surface area contributed by atoms with Gasteiger partial charge in [0, 0.05) is 30.7 Å². The van der Waals surface area contributed by atoms with Crippen molar-refractivity contribution in [2.45, 2.75) is 26.8 Å². The van der Waals surface area contributed by atoms with E-state index in [2.05, 4.69) is 38.0 Å².